The van der Waals surface area contributed by atoms with Crippen LogP contribution in [0, 0.1) is 17.8 Å². The van der Waals surface area contributed by atoms with Crippen LogP contribution >= 0.6 is 0 Å². The van der Waals surface area contributed by atoms with Crippen molar-refractivity contribution < 1.29 is 17.9 Å². The molecule has 1 heterocycles. The first-order valence-electron chi connectivity index (χ1n) is 10.5. The number of rotatable bonds is 7. The molecule has 1 N–H and O–H groups in total. The molecule has 0 radical (unpaired) electrons. The molecule has 2 bridgehead atoms. The Hall–Kier alpha value is -1.60. The van der Waals surface area contributed by atoms with Crippen LogP contribution in [0.5, 0.6) is 5.75 Å². The highest BCUT2D eigenvalue weighted by Gasteiger charge is 2.40. The number of nitrogens with one attached hydrogen (secondary N) is 1. The maximum atomic E-state index is 13.1. The summed E-state index contributed by atoms with van der Waals surface area (Å²) in [5, 5.41) is 2.92. The topological polar surface area (TPSA) is 75.7 Å². The fourth-order valence-corrected chi connectivity index (χ4v) is 6.88. The lowest BCUT2D eigenvalue weighted by molar-refractivity contribution is -0.117. The Morgan fingerprint density at radius 1 is 1.21 bits per heavy atom. The van der Waals surface area contributed by atoms with E-state index in [1.165, 1.54) is 23.6 Å². The molecule has 154 valence electrons. The van der Waals surface area contributed by atoms with E-state index >= 15 is 0 Å². The van der Waals surface area contributed by atoms with Gasteiger partial charge in [-0.2, -0.15) is 4.31 Å². The molecule has 4 rings (SSSR count). The van der Waals surface area contributed by atoms with Crippen LogP contribution in [0.1, 0.15) is 51.9 Å². The molecule has 2 saturated carbocycles. The summed E-state index contributed by atoms with van der Waals surface area (Å²) in [4.78, 5) is 12.7. The SMILES string of the molecule is CCOc1ccc(NC(=O)C[C@@H]2C[C@H]3CC[C@@H]2C3)cc1S(=O)(=O)N1CCCC1. The van der Waals surface area contributed by atoms with Crippen molar-refractivity contribution in [1.29, 1.82) is 0 Å². The molecule has 1 aromatic rings. The number of hydrogen-bond donors (Lipinski definition) is 1. The molecular weight excluding hydrogens is 376 g/mol. The number of sulfonamides is 1. The van der Waals surface area contributed by atoms with Gasteiger partial charge in [0, 0.05) is 25.2 Å². The van der Waals surface area contributed by atoms with Gasteiger partial charge in [0.25, 0.3) is 0 Å². The third-order valence-electron chi connectivity index (χ3n) is 6.54. The Balaban J connectivity index is 1.50. The fraction of sp³-hybridized carbons (Fsp3) is 0.667. The van der Waals surface area contributed by atoms with Gasteiger partial charge >= 0.3 is 0 Å². The van der Waals surface area contributed by atoms with Gasteiger partial charge in [0.1, 0.15) is 10.6 Å². The van der Waals surface area contributed by atoms with Crippen LogP contribution in [-0.2, 0) is 14.8 Å². The van der Waals surface area contributed by atoms with Crippen molar-refractivity contribution in [2.24, 2.45) is 17.8 Å². The second-order valence-corrected chi connectivity index (χ2v) is 10.3. The number of carbonyl (C=O) groups excluding carboxylic acids is 1. The molecule has 1 aromatic carbocycles. The molecule has 28 heavy (non-hydrogen) atoms. The van der Waals surface area contributed by atoms with E-state index in [0.717, 1.165) is 25.2 Å². The largest absolute Gasteiger partial charge is 0.492 e. The zero-order valence-electron chi connectivity index (χ0n) is 16.5. The number of nitrogens with zero attached hydrogens (tertiary/aromatic N) is 1. The first-order valence-corrected chi connectivity index (χ1v) is 12.0. The molecule has 3 fully saturated rings. The summed E-state index contributed by atoms with van der Waals surface area (Å²) in [7, 11) is -3.62. The molecular formula is C21H30N2O4S. The molecule has 1 amide bonds. The Bertz CT molecular complexity index is 833. The maximum absolute atomic E-state index is 13.1. The van der Waals surface area contributed by atoms with Gasteiger partial charge in [0.2, 0.25) is 15.9 Å². The number of hydrogen-bond acceptors (Lipinski definition) is 4. The number of carbonyl (C=O) groups is 1. The zero-order valence-corrected chi connectivity index (χ0v) is 17.3. The van der Waals surface area contributed by atoms with Gasteiger partial charge in [0.05, 0.1) is 6.61 Å². The molecule has 3 aliphatic rings. The molecule has 1 saturated heterocycles. The summed E-state index contributed by atoms with van der Waals surface area (Å²) in [6.07, 6.45) is 7.30. The average molecular weight is 407 g/mol. The summed E-state index contributed by atoms with van der Waals surface area (Å²) in [5.74, 6) is 2.31. The highest BCUT2D eigenvalue weighted by Crippen LogP contribution is 2.49. The van der Waals surface area contributed by atoms with E-state index in [1.807, 2.05) is 6.92 Å². The number of fused-ring (bicyclic) bond motifs is 2. The van der Waals surface area contributed by atoms with E-state index in [2.05, 4.69) is 5.32 Å². The Morgan fingerprint density at radius 3 is 2.64 bits per heavy atom. The van der Waals surface area contributed by atoms with Gasteiger partial charge < -0.3 is 10.1 Å². The number of anilines is 1. The van der Waals surface area contributed by atoms with Gasteiger partial charge in [-0.1, -0.05) is 6.42 Å². The van der Waals surface area contributed by atoms with E-state index in [4.69, 9.17) is 4.74 Å². The smallest absolute Gasteiger partial charge is 0.246 e. The molecule has 0 spiro atoms. The predicted molar refractivity (Wildman–Crippen MR) is 108 cm³/mol. The molecule has 0 unspecified atom stereocenters. The van der Waals surface area contributed by atoms with E-state index < -0.39 is 10.0 Å². The predicted octanol–water partition coefficient (Wildman–Crippen LogP) is 3.63. The zero-order chi connectivity index (χ0) is 19.7. The minimum absolute atomic E-state index is 0.0220. The second-order valence-electron chi connectivity index (χ2n) is 8.39. The lowest BCUT2D eigenvalue weighted by atomic mass is 9.86. The highest BCUT2D eigenvalue weighted by molar-refractivity contribution is 7.89. The van der Waals surface area contributed by atoms with E-state index in [9.17, 15) is 13.2 Å². The summed E-state index contributed by atoms with van der Waals surface area (Å²) in [6.45, 7) is 3.29. The summed E-state index contributed by atoms with van der Waals surface area (Å²) >= 11 is 0. The van der Waals surface area contributed by atoms with Crippen molar-refractivity contribution in [1.82, 2.24) is 4.31 Å². The van der Waals surface area contributed by atoms with Crippen molar-refractivity contribution >= 4 is 21.6 Å². The standard InChI is InChI=1S/C21H30N2O4S/c1-2-27-19-8-7-18(14-20(19)28(25,26)23-9-3-4-10-23)22-21(24)13-17-12-15-5-6-16(17)11-15/h7-8,14-17H,2-6,9-13H2,1H3,(H,22,24)/t15-,16+,17-/m0/s1. The van der Waals surface area contributed by atoms with Gasteiger partial charge in [0.15, 0.2) is 0 Å². The van der Waals surface area contributed by atoms with E-state index in [0.29, 0.717) is 49.4 Å². The lowest BCUT2D eigenvalue weighted by Crippen LogP contribution is -2.28. The second kappa shape index (κ2) is 8.03. The third-order valence-corrected chi connectivity index (χ3v) is 8.46. The van der Waals surface area contributed by atoms with Gasteiger partial charge in [-0.3, -0.25) is 4.79 Å². The first-order chi connectivity index (χ1) is 13.5. The number of benzene rings is 1. The van der Waals surface area contributed by atoms with Crippen molar-refractivity contribution in [2.45, 2.75) is 56.8 Å². The van der Waals surface area contributed by atoms with Crippen LogP contribution in [0.3, 0.4) is 0 Å². The average Bonchev–Trinajstić information content (AvgIpc) is 3.41. The third kappa shape index (κ3) is 3.92. The number of ether oxygens (including phenoxy) is 1. The van der Waals surface area contributed by atoms with Crippen molar-refractivity contribution in [3.05, 3.63) is 18.2 Å². The van der Waals surface area contributed by atoms with Crippen LogP contribution in [0.4, 0.5) is 5.69 Å². The van der Waals surface area contributed by atoms with Crippen LogP contribution < -0.4 is 10.1 Å². The quantitative estimate of drug-likeness (QED) is 0.750. The lowest BCUT2D eigenvalue weighted by Gasteiger charge is -2.21. The van der Waals surface area contributed by atoms with Gasteiger partial charge in [-0.05, 0) is 75.0 Å². The molecule has 1 aliphatic heterocycles. The van der Waals surface area contributed by atoms with Crippen LogP contribution in [0.25, 0.3) is 0 Å². The Morgan fingerprint density at radius 2 is 2.00 bits per heavy atom. The summed E-state index contributed by atoms with van der Waals surface area (Å²) < 4.78 is 33.2. The highest BCUT2D eigenvalue weighted by atomic mass is 32.2. The fourth-order valence-electron chi connectivity index (χ4n) is 5.21. The summed E-state index contributed by atoms with van der Waals surface area (Å²) in [6, 6.07) is 4.93. The monoisotopic (exact) mass is 406 g/mol. The minimum Gasteiger partial charge on any atom is -0.492 e. The van der Waals surface area contributed by atoms with Gasteiger partial charge in [-0.25, -0.2) is 8.42 Å². The van der Waals surface area contributed by atoms with Gasteiger partial charge in [-0.15, -0.1) is 0 Å². The first kappa shape index (κ1) is 19.7. The molecule has 0 aromatic heterocycles. The Kier molecular flexibility index (Phi) is 5.65. The van der Waals surface area contributed by atoms with E-state index in [-0.39, 0.29) is 10.8 Å². The maximum Gasteiger partial charge on any atom is 0.246 e. The normalized spacial score (nSPS) is 27.2. The van der Waals surface area contributed by atoms with E-state index in [1.54, 1.807) is 18.2 Å². The molecule has 2 aliphatic carbocycles. The van der Waals surface area contributed by atoms with Crippen LogP contribution in [0.15, 0.2) is 23.1 Å². The van der Waals surface area contributed by atoms with Crippen molar-refractivity contribution in [2.75, 3.05) is 25.0 Å². The minimum atomic E-state index is -3.62. The molecule has 3 atom stereocenters. The number of amides is 1. The van der Waals surface area contributed by atoms with Crippen LogP contribution in [-0.4, -0.2) is 38.3 Å². The molecule has 6 nitrogen and oxygen atoms in total. The molecule has 7 heteroatoms. The summed E-state index contributed by atoms with van der Waals surface area (Å²) in [5.41, 5.74) is 0.523. The van der Waals surface area contributed by atoms with Crippen LogP contribution in [0.2, 0.25) is 0 Å². The Labute approximate surface area is 167 Å². The van der Waals surface area contributed by atoms with Crippen molar-refractivity contribution in [3.63, 3.8) is 0 Å². The van der Waals surface area contributed by atoms with Crippen molar-refractivity contribution in [3.8, 4) is 5.75 Å².